The van der Waals surface area contributed by atoms with Crippen LogP contribution in [0.5, 0.6) is 11.5 Å². The van der Waals surface area contributed by atoms with Crippen LogP contribution in [-0.2, 0) is 13.1 Å². The SMILES string of the molecule is COc1ccc(CN(C)Cc2noc(C)n2)cc1OC. The number of methoxy groups -OCH3 is 2. The average Bonchev–Trinajstić information content (AvgIpc) is 2.83. The van der Waals surface area contributed by atoms with Crippen molar-refractivity contribution in [3.8, 4) is 11.5 Å². The van der Waals surface area contributed by atoms with Crippen molar-refractivity contribution in [2.24, 2.45) is 0 Å². The minimum atomic E-state index is 0.583. The highest BCUT2D eigenvalue weighted by molar-refractivity contribution is 5.42. The molecule has 6 heteroatoms. The highest BCUT2D eigenvalue weighted by atomic mass is 16.5. The van der Waals surface area contributed by atoms with E-state index in [9.17, 15) is 0 Å². The molecule has 0 N–H and O–H groups in total. The fourth-order valence-corrected chi connectivity index (χ4v) is 1.99. The Balaban J connectivity index is 2.02. The molecule has 0 saturated carbocycles. The van der Waals surface area contributed by atoms with Crippen molar-refractivity contribution in [3.05, 3.63) is 35.5 Å². The summed E-state index contributed by atoms with van der Waals surface area (Å²) in [6, 6.07) is 5.89. The topological polar surface area (TPSA) is 60.6 Å². The number of nitrogens with zero attached hydrogens (tertiary/aromatic N) is 3. The van der Waals surface area contributed by atoms with Gasteiger partial charge in [0.1, 0.15) is 0 Å². The van der Waals surface area contributed by atoms with Crippen LogP contribution in [0.1, 0.15) is 17.3 Å². The molecule has 2 aromatic rings. The van der Waals surface area contributed by atoms with Crippen molar-refractivity contribution in [3.63, 3.8) is 0 Å². The Bertz CT molecular complexity index is 569. The van der Waals surface area contributed by atoms with Crippen LogP contribution in [0.25, 0.3) is 0 Å². The van der Waals surface area contributed by atoms with Crippen LogP contribution in [0.2, 0.25) is 0 Å². The van der Waals surface area contributed by atoms with E-state index in [1.54, 1.807) is 21.1 Å². The summed E-state index contributed by atoms with van der Waals surface area (Å²) in [4.78, 5) is 6.29. The third-order valence-electron chi connectivity index (χ3n) is 2.88. The quantitative estimate of drug-likeness (QED) is 0.805. The van der Waals surface area contributed by atoms with Crippen molar-refractivity contribution in [2.75, 3.05) is 21.3 Å². The predicted molar refractivity (Wildman–Crippen MR) is 73.8 cm³/mol. The Kier molecular flexibility index (Phi) is 4.57. The first-order valence-electron chi connectivity index (χ1n) is 6.31. The number of rotatable bonds is 6. The molecule has 0 saturated heterocycles. The molecule has 108 valence electrons. The van der Waals surface area contributed by atoms with Gasteiger partial charge >= 0.3 is 0 Å². The second kappa shape index (κ2) is 6.38. The molecule has 20 heavy (non-hydrogen) atoms. The number of aryl methyl sites for hydroxylation is 1. The van der Waals surface area contributed by atoms with E-state index in [4.69, 9.17) is 14.0 Å². The summed E-state index contributed by atoms with van der Waals surface area (Å²) < 4.78 is 15.5. The highest BCUT2D eigenvalue weighted by Crippen LogP contribution is 2.27. The van der Waals surface area contributed by atoms with Crippen LogP contribution < -0.4 is 9.47 Å². The molecule has 6 nitrogen and oxygen atoms in total. The van der Waals surface area contributed by atoms with Crippen LogP contribution in [0.3, 0.4) is 0 Å². The number of benzene rings is 1. The summed E-state index contributed by atoms with van der Waals surface area (Å²) in [5, 5.41) is 3.89. The molecule has 2 rings (SSSR count). The van der Waals surface area contributed by atoms with E-state index in [2.05, 4.69) is 15.0 Å². The number of ether oxygens (including phenoxy) is 2. The van der Waals surface area contributed by atoms with Crippen molar-refractivity contribution in [2.45, 2.75) is 20.0 Å². The largest absolute Gasteiger partial charge is 0.493 e. The van der Waals surface area contributed by atoms with E-state index < -0.39 is 0 Å². The number of hydrogen-bond acceptors (Lipinski definition) is 6. The lowest BCUT2D eigenvalue weighted by atomic mass is 10.2. The zero-order chi connectivity index (χ0) is 14.5. The Labute approximate surface area is 118 Å². The molecule has 0 unspecified atom stereocenters. The van der Waals surface area contributed by atoms with Gasteiger partial charge in [0.2, 0.25) is 5.89 Å². The van der Waals surface area contributed by atoms with Gasteiger partial charge in [-0.15, -0.1) is 0 Å². The molecule has 0 atom stereocenters. The van der Waals surface area contributed by atoms with E-state index in [0.717, 1.165) is 23.6 Å². The van der Waals surface area contributed by atoms with Crippen molar-refractivity contribution in [1.82, 2.24) is 15.0 Å². The van der Waals surface area contributed by atoms with Crippen LogP contribution in [0.4, 0.5) is 0 Å². The minimum Gasteiger partial charge on any atom is -0.493 e. The monoisotopic (exact) mass is 277 g/mol. The summed E-state index contributed by atoms with van der Waals surface area (Å²) in [5.41, 5.74) is 1.13. The molecule has 0 amide bonds. The third-order valence-corrected chi connectivity index (χ3v) is 2.88. The average molecular weight is 277 g/mol. The Morgan fingerprint density at radius 1 is 1.15 bits per heavy atom. The van der Waals surface area contributed by atoms with Gasteiger partial charge in [-0.3, -0.25) is 4.90 Å². The normalized spacial score (nSPS) is 10.8. The molecule has 1 heterocycles. The molecule has 0 aliphatic rings. The predicted octanol–water partition coefficient (Wildman–Crippen LogP) is 2.03. The summed E-state index contributed by atoms with van der Waals surface area (Å²) in [5.74, 6) is 2.73. The second-order valence-electron chi connectivity index (χ2n) is 4.59. The van der Waals surface area contributed by atoms with Gasteiger partial charge in [-0.1, -0.05) is 11.2 Å². The molecular weight excluding hydrogens is 258 g/mol. The smallest absolute Gasteiger partial charge is 0.223 e. The van der Waals surface area contributed by atoms with Gasteiger partial charge in [-0.2, -0.15) is 4.98 Å². The van der Waals surface area contributed by atoms with Gasteiger partial charge in [-0.05, 0) is 24.7 Å². The third kappa shape index (κ3) is 3.48. The lowest BCUT2D eigenvalue weighted by Crippen LogP contribution is -2.18. The molecule has 0 spiro atoms. The van der Waals surface area contributed by atoms with E-state index in [0.29, 0.717) is 18.3 Å². The van der Waals surface area contributed by atoms with Crippen molar-refractivity contribution < 1.29 is 14.0 Å². The van der Waals surface area contributed by atoms with Crippen LogP contribution in [0.15, 0.2) is 22.7 Å². The molecular formula is C14H19N3O3. The first-order chi connectivity index (χ1) is 9.62. The molecule has 0 aliphatic carbocycles. The van der Waals surface area contributed by atoms with Gasteiger partial charge < -0.3 is 14.0 Å². The molecule has 0 radical (unpaired) electrons. The maximum Gasteiger partial charge on any atom is 0.223 e. The fourth-order valence-electron chi connectivity index (χ4n) is 1.99. The van der Waals surface area contributed by atoms with E-state index in [1.165, 1.54) is 0 Å². The number of aromatic nitrogens is 2. The summed E-state index contributed by atoms with van der Waals surface area (Å²) >= 11 is 0. The standard InChI is InChI=1S/C14H19N3O3/c1-10-15-14(16-20-10)9-17(2)8-11-5-6-12(18-3)13(7-11)19-4/h5-7H,8-9H2,1-4H3. The minimum absolute atomic E-state index is 0.583. The molecule has 0 bridgehead atoms. The zero-order valence-corrected chi connectivity index (χ0v) is 12.2. The lowest BCUT2D eigenvalue weighted by molar-refractivity contribution is 0.299. The molecule has 0 aliphatic heterocycles. The number of hydrogen-bond donors (Lipinski definition) is 0. The van der Waals surface area contributed by atoms with Gasteiger partial charge in [0.25, 0.3) is 0 Å². The second-order valence-corrected chi connectivity index (χ2v) is 4.59. The van der Waals surface area contributed by atoms with Crippen LogP contribution in [-0.4, -0.2) is 36.3 Å². The molecule has 1 aromatic heterocycles. The lowest BCUT2D eigenvalue weighted by Gasteiger charge is -2.16. The molecule has 0 fully saturated rings. The molecule has 1 aromatic carbocycles. The van der Waals surface area contributed by atoms with E-state index in [-0.39, 0.29) is 0 Å². The van der Waals surface area contributed by atoms with Gasteiger partial charge in [0.15, 0.2) is 17.3 Å². The van der Waals surface area contributed by atoms with E-state index in [1.807, 2.05) is 25.2 Å². The van der Waals surface area contributed by atoms with E-state index >= 15 is 0 Å². The Morgan fingerprint density at radius 2 is 1.90 bits per heavy atom. The maximum atomic E-state index is 5.30. The van der Waals surface area contributed by atoms with Gasteiger partial charge in [-0.25, -0.2) is 0 Å². The summed E-state index contributed by atoms with van der Waals surface area (Å²) in [6.07, 6.45) is 0. The highest BCUT2D eigenvalue weighted by Gasteiger charge is 2.09. The summed E-state index contributed by atoms with van der Waals surface area (Å²) in [6.45, 7) is 3.17. The summed E-state index contributed by atoms with van der Waals surface area (Å²) in [7, 11) is 5.26. The van der Waals surface area contributed by atoms with Crippen LogP contribution in [0, 0.1) is 6.92 Å². The zero-order valence-electron chi connectivity index (χ0n) is 12.2. The Morgan fingerprint density at radius 3 is 2.50 bits per heavy atom. The maximum absolute atomic E-state index is 5.30. The Hall–Kier alpha value is -2.08. The van der Waals surface area contributed by atoms with Gasteiger partial charge in [0.05, 0.1) is 20.8 Å². The van der Waals surface area contributed by atoms with Gasteiger partial charge in [0, 0.05) is 13.5 Å². The first kappa shape index (κ1) is 14.3. The fraction of sp³-hybridized carbons (Fsp3) is 0.429. The van der Waals surface area contributed by atoms with Crippen LogP contribution >= 0.6 is 0 Å². The van der Waals surface area contributed by atoms with Crippen molar-refractivity contribution >= 4 is 0 Å². The van der Waals surface area contributed by atoms with Crippen molar-refractivity contribution in [1.29, 1.82) is 0 Å². The first-order valence-corrected chi connectivity index (χ1v) is 6.31.